The van der Waals surface area contributed by atoms with Gasteiger partial charge >= 0.3 is 0 Å². The van der Waals surface area contributed by atoms with E-state index in [1.807, 2.05) is 11.6 Å². The van der Waals surface area contributed by atoms with E-state index < -0.39 is 10.0 Å². The highest BCUT2D eigenvalue weighted by Crippen LogP contribution is 2.56. The van der Waals surface area contributed by atoms with Crippen molar-refractivity contribution in [1.29, 1.82) is 0 Å². The van der Waals surface area contributed by atoms with Crippen LogP contribution in [0.2, 0.25) is 0 Å². The van der Waals surface area contributed by atoms with E-state index in [1.165, 1.54) is 25.5 Å². The molecule has 2 N–H and O–H groups in total. The van der Waals surface area contributed by atoms with Crippen LogP contribution in [0.15, 0.2) is 11.6 Å². The molecule has 23 heavy (non-hydrogen) atoms. The van der Waals surface area contributed by atoms with E-state index in [9.17, 15) is 8.42 Å². The molecule has 1 saturated carbocycles. The summed E-state index contributed by atoms with van der Waals surface area (Å²) in [5.41, 5.74) is 0.493. The highest BCUT2D eigenvalue weighted by molar-refractivity contribution is 7.88. The number of nitrogens with one attached hydrogen (secondary N) is 2. The van der Waals surface area contributed by atoms with Crippen molar-refractivity contribution < 1.29 is 8.42 Å². The summed E-state index contributed by atoms with van der Waals surface area (Å²) in [6, 6.07) is 0.631. The zero-order chi connectivity index (χ0) is 16.3. The van der Waals surface area contributed by atoms with Crippen LogP contribution in [-0.4, -0.2) is 56.8 Å². The van der Waals surface area contributed by atoms with Gasteiger partial charge in [0.25, 0.3) is 0 Å². The van der Waals surface area contributed by atoms with Gasteiger partial charge < -0.3 is 5.32 Å². The Morgan fingerprint density at radius 1 is 1.48 bits per heavy atom. The van der Waals surface area contributed by atoms with Crippen molar-refractivity contribution in [3.8, 4) is 0 Å². The van der Waals surface area contributed by atoms with Crippen molar-refractivity contribution in [2.75, 3.05) is 32.4 Å². The van der Waals surface area contributed by atoms with Crippen molar-refractivity contribution >= 4 is 21.4 Å². The van der Waals surface area contributed by atoms with E-state index in [1.54, 1.807) is 11.3 Å². The molecule has 3 rings (SSSR count). The molecule has 1 aliphatic heterocycles. The molecule has 8 heteroatoms. The summed E-state index contributed by atoms with van der Waals surface area (Å²) >= 11 is 1.70. The topological polar surface area (TPSA) is 74.3 Å². The fourth-order valence-corrected chi connectivity index (χ4v) is 4.85. The van der Waals surface area contributed by atoms with E-state index in [4.69, 9.17) is 0 Å². The van der Waals surface area contributed by atoms with Gasteiger partial charge in [-0.05, 0) is 44.2 Å². The van der Waals surface area contributed by atoms with E-state index >= 15 is 0 Å². The summed E-state index contributed by atoms with van der Waals surface area (Å²) in [5.74, 6) is 0. The molecule has 0 radical (unpaired) electrons. The highest BCUT2D eigenvalue weighted by Gasteiger charge is 2.56. The van der Waals surface area contributed by atoms with Gasteiger partial charge in [-0.25, -0.2) is 18.1 Å². The van der Waals surface area contributed by atoms with Crippen LogP contribution in [0.4, 0.5) is 0 Å². The Balaban J connectivity index is 1.56. The summed E-state index contributed by atoms with van der Waals surface area (Å²) in [4.78, 5) is 6.94. The molecule has 1 aliphatic carbocycles. The maximum absolute atomic E-state index is 11.2. The first-order valence-electron chi connectivity index (χ1n) is 8.26. The predicted molar refractivity (Wildman–Crippen MR) is 92.9 cm³/mol. The largest absolute Gasteiger partial charge is 0.317 e. The number of hydrogen-bond acceptors (Lipinski definition) is 6. The molecule has 2 heterocycles. The third-order valence-corrected chi connectivity index (χ3v) is 6.49. The molecule has 0 aromatic carbocycles. The van der Waals surface area contributed by atoms with Crippen molar-refractivity contribution in [3.05, 3.63) is 16.6 Å². The number of piperidine rings is 1. The molecule has 6 nitrogen and oxygen atoms in total. The fourth-order valence-electron chi connectivity index (χ4n) is 3.69. The Morgan fingerprint density at radius 2 is 2.26 bits per heavy atom. The normalized spacial score (nSPS) is 23.5. The minimum atomic E-state index is -3.09. The Morgan fingerprint density at radius 3 is 2.91 bits per heavy atom. The lowest BCUT2D eigenvalue weighted by Crippen LogP contribution is -2.37. The number of aromatic nitrogens is 1. The molecule has 1 aromatic heterocycles. The van der Waals surface area contributed by atoms with Crippen LogP contribution in [0.5, 0.6) is 0 Å². The Bertz CT molecular complexity index is 597. The second kappa shape index (κ2) is 7.14. The van der Waals surface area contributed by atoms with Crippen LogP contribution in [0.25, 0.3) is 0 Å². The van der Waals surface area contributed by atoms with Crippen LogP contribution in [0.3, 0.4) is 0 Å². The second-order valence-electron chi connectivity index (χ2n) is 6.75. The summed E-state index contributed by atoms with van der Waals surface area (Å²) in [5, 5.41) is 6.62. The van der Waals surface area contributed by atoms with Crippen molar-refractivity contribution in [3.63, 3.8) is 0 Å². The van der Waals surface area contributed by atoms with E-state index in [0.717, 1.165) is 37.6 Å². The molecule has 130 valence electrons. The monoisotopic (exact) mass is 358 g/mol. The number of sulfonamides is 1. The zero-order valence-corrected chi connectivity index (χ0v) is 15.3. The number of rotatable bonds is 8. The molecule has 1 spiro atoms. The zero-order valence-electron chi connectivity index (χ0n) is 13.6. The maximum atomic E-state index is 11.2. The predicted octanol–water partition coefficient (Wildman–Crippen LogP) is 1.03. The highest BCUT2D eigenvalue weighted by atomic mass is 32.2. The van der Waals surface area contributed by atoms with Gasteiger partial charge in [-0.3, -0.25) is 4.90 Å². The lowest BCUT2D eigenvalue weighted by molar-refractivity contribution is 0.193. The Kier molecular flexibility index (Phi) is 5.37. The van der Waals surface area contributed by atoms with Gasteiger partial charge in [0.1, 0.15) is 5.01 Å². The lowest BCUT2D eigenvalue weighted by Gasteiger charge is -2.29. The molecule has 0 bridgehead atoms. The molecule has 0 unspecified atom stereocenters. The molecule has 2 fully saturated rings. The first kappa shape index (κ1) is 17.3. The number of thiazole rings is 1. The first-order chi connectivity index (χ1) is 11.0. The van der Waals surface area contributed by atoms with Crippen molar-refractivity contribution in [2.24, 2.45) is 5.41 Å². The molecule has 2 aliphatic rings. The van der Waals surface area contributed by atoms with Gasteiger partial charge in [-0.2, -0.15) is 0 Å². The SMILES string of the molecule is CS(=O)(=O)NCCCN(Cc1nccs1)[C@H]1CC12CCNCC2. The summed E-state index contributed by atoms with van der Waals surface area (Å²) in [6.45, 7) is 4.56. The first-order valence-corrected chi connectivity index (χ1v) is 11.0. The Hall–Kier alpha value is -0.540. The quantitative estimate of drug-likeness (QED) is 0.679. The van der Waals surface area contributed by atoms with Crippen LogP contribution in [-0.2, 0) is 16.6 Å². The smallest absolute Gasteiger partial charge is 0.208 e. The third-order valence-electron chi connectivity index (χ3n) is 4.99. The summed E-state index contributed by atoms with van der Waals surface area (Å²) in [6.07, 6.45) is 7.70. The third kappa shape index (κ3) is 4.73. The van der Waals surface area contributed by atoms with Crippen LogP contribution in [0, 0.1) is 5.41 Å². The van der Waals surface area contributed by atoms with E-state index in [2.05, 4.69) is 19.9 Å². The maximum Gasteiger partial charge on any atom is 0.208 e. The van der Waals surface area contributed by atoms with E-state index in [-0.39, 0.29) is 0 Å². The summed E-state index contributed by atoms with van der Waals surface area (Å²) < 4.78 is 25.0. The average molecular weight is 359 g/mol. The van der Waals surface area contributed by atoms with Crippen molar-refractivity contribution in [2.45, 2.75) is 38.3 Å². The summed E-state index contributed by atoms with van der Waals surface area (Å²) in [7, 11) is -3.09. The van der Waals surface area contributed by atoms with Gasteiger partial charge in [0, 0.05) is 30.7 Å². The van der Waals surface area contributed by atoms with Gasteiger partial charge in [0.2, 0.25) is 10.0 Å². The molecule has 0 amide bonds. The van der Waals surface area contributed by atoms with E-state index in [0.29, 0.717) is 18.0 Å². The molecule has 1 aromatic rings. The van der Waals surface area contributed by atoms with Gasteiger partial charge in [0.05, 0.1) is 12.8 Å². The molecular weight excluding hydrogens is 332 g/mol. The second-order valence-corrected chi connectivity index (χ2v) is 9.56. The molecule has 1 atom stereocenters. The Labute approximate surface area is 142 Å². The molecule has 1 saturated heterocycles. The standard InChI is InChI=1S/C15H26N4O2S2/c1-23(20,21)18-5-2-9-19(12-14-17-8-10-22-14)13-11-15(13)3-6-16-7-4-15/h8,10,13,16,18H,2-7,9,11-12H2,1H3/t13-/m0/s1. The van der Waals surface area contributed by atoms with Gasteiger partial charge in [-0.15, -0.1) is 11.3 Å². The van der Waals surface area contributed by atoms with Crippen LogP contribution >= 0.6 is 11.3 Å². The van der Waals surface area contributed by atoms with Gasteiger partial charge in [0.15, 0.2) is 0 Å². The lowest BCUT2D eigenvalue weighted by atomic mass is 9.93. The minimum Gasteiger partial charge on any atom is -0.317 e. The average Bonchev–Trinajstić information content (AvgIpc) is 2.95. The number of nitrogens with zero attached hydrogens (tertiary/aromatic N) is 2. The molecular formula is C15H26N4O2S2. The fraction of sp³-hybridized carbons (Fsp3) is 0.800. The van der Waals surface area contributed by atoms with Crippen LogP contribution in [0.1, 0.15) is 30.7 Å². The minimum absolute atomic E-state index is 0.493. The van der Waals surface area contributed by atoms with Gasteiger partial charge in [-0.1, -0.05) is 0 Å². The number of hydrogen-bond donors (Lipinski definition) is 2. The van der Waals surface area contributed by atoms with Crippen molar-refractivity contribution in [1.82, 2.24) is 19.9 Å². The van der Waals surface area contributed by atoms with Crippen LogP contribution < -0.4 is 10.0 Å².